The van der Waals surface area contributed by atoms with Crippen molar-refractivity contribution in [1.29, 1.82) is 0 Å². The van der Waals surface area contributed by atoms with Gasteiger partial charge in [-0.3, -0.25) is 0 Å². The van der Waals surface area contributed by atoms with Crippen molar-refractivity contribution in [2.75, 3.05) is 0 Å². The average molecular weight is 366 g/mol. The van der Waals surface area contributed by atoms with Crippen molar-refractivity contribution < 1.29 is 27.8 Å². The summed E-state index contributed by atoms with van der Waals surface area (Å²) in [5.41, 5.74) is -1.58. The minimum Gasteiger partial charge on any atom is -0.457 e. The molecule has 0 atom stereocenters. The molecule has 6 heteroatoms. The van der Waals surface area contributed by atoms with Gasteiger partial charge in [0.2, 0.25) is 0 Å². The van der Waals surface area contributed by atoms with E-state index in [-0.39, 0.29) is 11.1 Å². The molecule has 1 aromatic carbocycles. The second-order valence-corrected chi connectivity index (χ2v) is 7.63. The smallest absolute Gasteiger partial charge is 0.331 e. The lowest BCUT2D eigenvalue weighted by atomic mass is 10.1. The summed E-state index contributed by atoms with van der Waals surface area (Å²) in [4.78, 5) is 23.2. The number of halogens is 2. The Balaban J connectivity index is 2.92. The Morgan fingerprint density at radius 2 is 1.08 bits per heavy atom. The SMILES string of the molecule is CC(C)(C)OC(=O)C=Cc1cc(F)c(/C=C\C(=O)OC(C)(C)C)cc1F. The zero-order valence-corrected chi connectivity index (χ0v) is 15.9. The van der Waals surface area contributed by atoms with Crippen LogP contribution in [0.1, 0.15) is 52.7 Å². The molecule has 0 amide bonds. The standard InChI is InChI=1S/C20H24F2O4/c1-19(2,3)25-17(23)9-7-13-11-16(22)14(12-15(13)21)8-10-18(24)26-20(4,5)6/h7-12H,1-6H3/b9-7-,10-8?. The maximum absolute atomic E-state index is 14.1. The zero-order valence-electron chi connectivity index (χ0n) is 15.9. The molecule has 26 heavy (non-hydrogen) atoms. The van der Waals surface area contributed by atoms with E-state index >= 15 is 0 Å². The van der Waals surface area contributed by atoms with E-state index in [0.717, 1.165) is 36.4 Å². The van der Waals surface area contributed by atoms with Gasteiger partial charge in [-0.2, -0.15) is 0 Å². The second kappa shape index (κ2) is 8.25. The summed E-state index contributed by atoms with van der Waals surface area (Å²) in [7, 11) is 0. The van der Waals surface area contributed by atoms with E-state index in [9.17, 15) is 18.4 Å². The number of benzene rings is 1. The Hall–Kier alpha value is -2.50. The molecule has 0 saturated heterocycles. The van der Waals surface area contributed by atoms with Crippen LogP contribution in [0.3, 0.4) is 0 Å². The number of carbonyl (C=O) groups is 2. The van der Waals surface area contributed by atoms with Crippen molar-refractivity contribution in [2.24, 2.45) is 0 Å². The first-order valence-corrected chi connectivity index (χ1v) is 8.08. The summed E-state index contributed by atoms with van der Waals surface area (Å²) in [6.45, 7) is 10.2. The number of esters is 2. The predicted molar refractivity (Wildman–Crippen MR) is 96.1 cm³/mol. The third-order valence-electron chi connectivity index (χ3n) is 2.73. The number of hydrogen-bond donors (Lipinski definition) is 0. The zero-order chi connectivity index (χ0) is 20.1. The van der Waals surface area contributed by atoms with Crippen LogP contribution in [0.2, 0.25) is 0 Å². The molecule has 0 radical (unpaired) electrons. The van der Waals surface area contributed by atoms with Crippen LogP contribution in [0.4, 0.5) is 8.78 Å². The molecule has 0 unspecified atom stereocenters. The van der Waals surface area contributed by atoms with E-state index in [1.165, 1.54) is 0 Å². The van der Waals surface area contributed by atoms with Crippen LogP contribution < -0.4 is 0 Å². The van der Waals surface area contributed by atoms with Crippen LogP contribution in [0.25, 0.3) is 12.2 Å². The summed E-state index contributed by atoms with van der Waals surface area (Å²) in [5.74, 6) is -2.80. The van der Waals surface area contributed by atoms with E-state index < -0.39 is 34.8 Å². The minimum absolute atomic E-state index is 0.109. The van der Waals surface area contributed by atoms with Gasteiger partial charge >= 0.3 is 11.9 Å². The molecule has 0 heterocycles. The van der Waals surface area contributed by atoms with Gasteiger partial charge < -0.3 is 9.47 Å². The summed E-state index contributed by atoms with van der Waals surface area (Å²) in [6, 6.07) is 1.87. The van der Waals surface area contributed by atoms with Gasteiger partial charge in [0, 0.05) is 23.3 Å². The number of rotatable bonds is 4. The molecule has 142 valence electrons. The van der Waals surface area contributed by atoms with E-state index in [0.29, 0.717) is 0 Å². The highest BCUT2D eigenvalue weighted by atomic mass is 19.1. The first kappa shape index (κ1) is 21.5. The van der Waals surface area contributed by atoms with E-state index in [4.69, 9.17) is 9.47 Å². The Kier molecular flexibility index (Phi) is 6.84. The Bertz CT molecular complexity index is 672. The third kappa shape index (κ3) is 8.05. The van der Waals surface area contributed by atoms with Crippen LogP contribution >= 0.6 is 0 Å². The van der Waals surface area contributed by atoms with Crippen LogP contribution in [0.5, 0.6) is 0 Å². The topological polar surface area (TPSA) is 52.6 Å². The predicted octanol–water partition coefficient (Wildman–Crippen LogP) is 4.67. The highest BCUT2D eigenvalue weighted by Gasteiger charge is 2.15. The normalized spacial score (nSPS) is 12.6. The van der Waals surface area contributed by atoms with E-state index in [1.54, 1.807) is 41.5 Å². The fourth-order valence-electron chi connectivity index (χ4n) is 1.82. The molecule has 0 spiro atoms. The number of carbonyl (C=O) groups excluding carboxylic acids is 2. The molecule has 0 aliphatic carbocycles. The molecule has 0 aliphatic rings. The van der Waals surface area contributed by atoms with Crippen molar-refractivity contribution in [2.45, 2.75) is 52.7 Å². The Labute approximate surface area is 152 Å². The van der Waals surface area contributed by atoms with Gasteiger partial charge in [-0.15, -0.1) is 0 Å². The van der Waals surface area contributed by atoms with Crippen molar-refractivity contribution in [3.8, 4) is 0 Å². The summed E-state index contributed by atoms with van der Waals surface area (Å²) in [6.07, 6.45) is 4.32. The quantitative estimate of drug-likeness (QED) is 0.574. The lowest BCUT2D eigenvalue weighted by Gasteiger charge is -2.18. The van der Waals surface area contributed by atoms with Gasteiger partial charge in [0.25, 0.3) is 0 Å². The molecular formula is C20H24F2O4. The molecule has 0 bridgehead atoms. The fourth-order valence-corrected chi connectivity index (χ4v) is 1.82. The molecule has 0 saturated carbocycles. The van der Waals surface area contributed by atoms with Gasteiger partial charge in [0.15, 0.2) is 0 Å². The summed E-state index contributed by atoms with van der Waals surface area (Å²) in [5, 5.41) is 0. The Morgan fingerprint density at radius 1 is 0.769 bits per heavy atom. The monoisotopic (exact) mass is 366 g/mol. The fraction of sp³-hybridized carbons (Fsp3) is 0.400. The molecule has 1 rings (SSSR count). The Morgan fingerprint density at radius 3 is 1.35 bits per heavy atom. The molecule has 1 aromatic rings. The van der Waals surface area contributed by atoms with Crippen LogP contribution in [0.15, 0.2) is 24.3 Å². The summed E-state index contributed by atoms with van der Waals surface area (Å²) >= 11 is 0. The lowest BCUT2D eigenvalue weighted by molar-refractivity contribution is -0.149. The molecule has 0 fully saturated rings. The van der Waals surface area contributed by atoms with Gasteiger partial charge in [-0.25, -0.2) is 18.4 Å². The van der Waals surface area contributed by atoms with E-state index in [1.807, 2.05) is 0 Å². The molecule has 0 aliphatic heterocycles. The van der Waals surface area contributed by atoms with Crippen LogP contribution in [-0.2, 0) is 19.1 Å². The highest BCUT2D eigenvalue weighted by Crippen LogP contribution is 2.18. The van der Waals surface area contributed by atoms with Crippen LogP contribution in [0, 0.1) is 11.6 Å². The van der Waals surface area contributed by atoms with Crippen molar-refractivity contribution in [3.05, 3.63) is 47.0 Å². The third-order valence-corrected chi connectivity index (χ3v) is 2.73. The van der Waals surface area contributed by atoms with Crippen molar-refractivity contribution >= 4 is 24.1 Å². The van der Waals surface area contributed by atoms with Crippen LogP contribution in [-0.4, -0.2) is 23.1 Å². The molecular weight excluding hydrogens is 342 g/mol. The van der Waals surface area contributed by atoms with E-state index in [2.05, 4.69) is 0 Å². The largest absolute Gasteiger partial charge is 0.457 e. The molecule has 0 aromatic heterocycles. The maximum atomic E-state index is 14.1. The lowest BCUT2D eigenvalue weighted by Crippen LogP contribution is -2.22. The first-order valence-electron chi connectivity index (χ1n) is 8.08. The van der Waals surface area contributed by atoms with Gasteiger partial charge in [0.05, 0.1) is 0 Å². The average Bonchev–Trinajstić information content (AvgIpc) is 2.42. The van der Waals surface area contributed by atoms with Gasteiger partial charge in [0.1, 0.15) is 22.8 Å². The van der Waals surface area contributed by atoms with Crippen molar-refractivity contribution in [3.63, 3.8) is 0 Å². The number of ether oxygens (including phenoxy) is 2. The minimum atomic E-state index is -0.741. The number of hydrogen-bond acceptors (Lipinski definition) is 4. The maximum Gasteiger partial charge on any atom is 0.331 e. The second-order valence-electron chi connectivity index (χ2n) is 7.63. The highest BCUT2D eigenvalue weighted by molar-refractivity contribution is 5.88. The molecule has 0 N–H and O–H groups in total. The van der Waals surface area contributed by atoms with Crippen molar-refractivity contribution in [1.82, 2.24) is 0 Å². The van der Waals surface area contributed by atoms with Gasteiger partial charge in [-0.05, 0) is 65.8 Å². The first-order chi connectivity index (χ1) is 11.8. The summed E-state index contributed by atoms with van der Waals surface area (Å²) < 4.78 is 38.3. The van der Waals surface area contributed by atoms with Gasteiger partial charge in [-0.1, -0.05) is 0 Å². The molecule has 4 nitrogen and oxygen atoms in total.